The molecule has 3 aromatic rings. The first-order valence-corrected chi connectivity index (χ1v) is 14.8. The van der Waals surface area contributed by atoms with Gasteiger partial charge < -0.3 is 21.0 Å². The summed E-state index contributed by atoms with van der Waals surface area (Å²) in [5.74, 6) is -1.65. The average Bonchev–Trinajstić information content (AvgIpc) is 3.60. The molecule has 196 valence electrons. The Kier molecular flexibility index (Phi) is 7.92. The van der Waals surface area contributed by atoms with Crippen molar-refractivity contribution in [3.05, 3.63) is 63.7 Å². The molecular formula is C22H19N7O5S4. The lowest BCUT2D eigenvalue weighted by molar-refractivity contribution is -0.150. The fraction of sp³-hybridized carbons (Fsp3) is 0.227. The number of rotatable bonds is 10. The third-order valence-corrected chi connectivity index (χ3v) is 9.42. The molecule has 12 nitrogen and oxygen atoms in total. The minimum absolute atomic E-state index is 0.0615. The Labute approximate surface area is 232 Å². The summed E-state index contributed by atoms with van der Waals surface area (Å²) in [5.41, 5.74) is 8.80. The molecule has 0 radical (unpaired) electrons. The van der Waals surface area contributed by atoms with Gasteiger partial charge in [0.05, 0.1) is 0 Å². The van der Waals surface area contributed by atoms with Gasteiger partial charge in [-0.05, 0) is 11.1 Å². The highest BCUT2D eigenvalue weighted by Crippen LogP contribution is 2.41. The summed E-state index contributed by atoms with van der Waals surface area (Å²) in [6.45, 7) is 0.121. The fourth-order valence-corrected chi connectivity index (χ4v) is 7.25. The predicted octanol–water partition coefficient (Wildman–Crippen LogP) is 2.03. The van der Waals surface area contributed by atoms with Crippen molar-refractivity contribution in [2.75, 3.05) is 17.2 Å². The Hall–Kier alpha value is -3.47. The molecule has 4 N–H and O–H groups in total. The molecule has 0 bridgehead atoms. The molecule has 0 spiro atoms. The molecule has 16 heteroatoms. The lowest BCUT2D eigenvalue weighted by atomic mass is 10.0. The molecule has 1 saturated heterocycles. The van der Waals surface area contributed by atoms with E-state index in [1.54, 1.807) is 10.9 Å². The number of carboxylic acids is 1. The molecule has 38 heavy (non-hydrogen) atoms. The quantitative estimate of drug-likeness (QED) is 0.137. The van der Waals surface area contributed by atoms with Gasteiger partial charge in [-0.3, -0.25) is 14.5 Å². The van der Waals surface area contributed by atoms with E-state index in [1.165, 1.54) is 39.8 Å². The normalized spacial score (nSPS) is 19.1. The number of oxime groups is 1. The third-order valence-electron chi connectivity index (χ3n) is 5.46. The number of anilines is 1. The van der Waals surface area contributed by atoms with E-state index < -0.39 is 29.2 Å². The molecule has 0 aliphatic carbocycles. The number of hydrogen-bond donors (Lipinski definition) is 3. The molecule has 1 fully saturated rings. The number of carbonyl (C=O) groups excluding carboxylic acids is 2. The molecule has 1 unspecified atom stereocenters. The monoisotopic (exact) mass is 589 g/mol. The molecular weight excluding hydrogens is 571 g/mol. The highest BCUT2D eigenvalue weighted by atomic mass is 32.2. The second kappa shape index (κ2) is 11.5. The first kappa shape index (κ1) is 26.1. The number of nitrogens with two attached hydrogens (primary N) is 1. The molecule has 2 amide bonds. The van der Waals surface area contributed by atoms with Crippen LogP contribution in [0.25, 0.3) is 0 Å². The topological polar surface area (TPSA) is 173 Å². The Morgan fingerprint density at radius 1 is 1.29 bits per heavy atom. The minimum atomic E-state index is -1.20. The van der Waals surface area contributed by atoms with Crippen molar-refractivity contribution in [2.45, 2.75) is 22.4 Å². The van der Waals surface area contributed by atoms with Gasteiger partial charge in [0, 0.05) is 16.9 Å². The average molecular weight is 590 g/mol. The largest absolute Gasteiger partial charge is 0.477 e. The smallest absolute Gasteiger partial charge is 0.352 e. The summed E-state index contributed by atoms with van der Waals surface area (Å²) in [7, 11) is 0. The molecule has 2 aliphatic rings. The lowest BCUT2D eigenvalue weighted by Gasteiger charge is -2.49. The van der Waals surface area contributed by atoms with Gasteiger partial charge in [-0.15, -0.1) is 33.3 Å². The van der Waals surface area contributed by atoms with E-state index in [1.807, 2.05) is 30.3 Å². The zero-order chi connectivity index (χ0) is 26.6. The van der Waals surface area contributed by atoms with Gasteiger partial charge in [0.25, 0.3) is 11.8 Å². The summed E-state index contributed by atoms with van der Waals surface area (Å²) in [4.78, 5) is 49.1. The number of β-lactam (4-membered cyclic amide) rings is 1. The zero-order valence-electron chi connectivity index (χ0n) is 19.3. The Morgan fingerprint density at radius 3 is 2.79 bits per heavy atom. The van der Waals surface area contributed by atoms with E-state index in [2.05, 4.69) is 25.7 Å². The van der Waals surface area contributed by atoms with Crippen LogP contribution >= 0.6 is 46.2 Å². The van der Waals surface area contributed by atoms with Crippen LogP contribution < -0.4 is 11.1 Å². The maximum Gasteiger partial charge on any atom is 0.352 e. The fourth-order valence-electron chi connectivity index (χ4n) is 3.73. The van der Waals surface area contributed by atoms with Crippen molar-refractivity contribution < 1.29 is 24.3 Å². The Bertz CT molecular complexity index is 1410. The van der Waals surface area contributed by atoms with Gasteiger partial charge in [0.15, 0.2) is 15.2 Å². The first-order chi connectivity index (χ1) is 18.4. The lowest BCUT2D eigenvalue weighted by Crippen LogP contribution is -2.71. The molecule has 0 saturated carbocycles. The van der Waals surface area contributed by atoms with E-state index in [0.29, 0.717) is 21.4 Å². The summed E-state index contributed by atoms with van der Waals surface area (Å²) in [6, 6.07) is 8.35. The summed E-state index contributed by atoms with van der Waals surface area (Å²) in [6.07, 6.45) is 0. The van der Waals surface area contributed by atoms with Crippen LogP contribution in [-0.4, -0.2) is 71.6 Å². The van der Waals surface area contributed by atoms with Crippen LogP contribution in [0.15, 0.2) is 62.0 Å². The highest BCUT2D eigenvalue weighted by molar-refractivity contribution is 8.01. The predicted molar refractivity (Wildman–Crippen MR) is 145 cm³/mol. The minimum Gasteiger partial charge on any atom is -0.477 e. The van der Waals surface area contributed by atoms with Gasteiger partial charge in [0.2, 0.25) is 0 Å². The van der Waals surface area contributed by atoms with Crippen LogP contribution in [0.3, 0.4) is 0 Å². The number of aromatic nitrogens is 3. The Balaban J connectivity index is 1.30. The van der Waals surface area contributed by atoms with Crippen LogP contribution in [0.5, 0.6) is 0 Å². The van der Waals surface area contributed by atoms with E-state index in [4.69, 9.17) is 10.6 Å². The number of thiazole rings is 1. The van der Waals surface area contributed by atoms with Crippen LogP contribution in [0.2, 0.25) is 0 Å². The zero-order valence-corrected chi connectivity index (χ0v) is 22.6. The van der Waals surface area contributed by atoms with Crippen LogP contribution in [0.1, 0.15) is 11.3 Å². The second-order valence-electron chi connectivity index (χ2n) is 7.88. The first-order valence-electron chi connectivity index (χ1n) is 11.0. The molecule has 2 atom stereocenters. The molecule has 5 rings (SSSR count). The van der Waals surface area contributed by atoms with E-state index in [0.717, 1.165) is 16.9 Å². The maximum absolute atomic E-state index is 13.2. The van der Waals surface area contributed by atoms with E-state index >= 15 is 0 Å². The summed E-state index contributed by atoms with van der Waals surface area (Å²) < 4.78 is 0.707. The standard InChI is InChI=1S/C22H19N7O5S4/c23-21-25-13(9-36-21)14(28-34-6-11-4-2-1-3-5-11)17(30)26-15-18(31)29-16(20(32)33)12(7-35-19(15)29)8-37-22-27-24-10-38-22/h1-5,9-10,15,19H,6-8H2,(H2,23,25)(H,26,30)(H,32,33)/b28-14+/t15?,19-/m1/s1. The number of amides is 2. The number of thioether (sulfide) groups is 2. The highest BCUT2D eigenvalue weighted by Gasteiger charge is 2.54. The number of fused-ring (bicyclic) bond motifs is 1. The number of hydrogen-bond acceptors (Lipinski definition) is 13. The van der Waals surface area contributed by atoms with Gasteiger partial charge in [0.1, 0.15) is 34.9 Å². The number of carbonyl (C=O) groups is 3. The molecule has 1 aromatic carbocycles. The molecule has 4 heterocycles. The van der Waals surface area contributed by atoms with Gasteiger partial charge in [-0.1, -0.05) is 58.6 Å². The number of aliphatic carboxylic acids is 1. The number of benzene rings is 1. The van der Waals surface area contributed by atoms with Crippen molar-refractivity contribution in [2.24, 2.45) is 5.16 Å². The van der Waals surface area contributed by atoms with Gasteiger partial charge in [-0.2, -0.15) is 0 Å². The van der Waals surface area contributed by atoms with Gasteiger partial charge in [-0.25, -0.2) is 9.78 Å². The van der Waals surface area contributed by atoms with Crippen molar-refractivity contribution in [3.63, 3.8) is 0 Å². The van der Waals surface area contributed by atoms with Gasteiger partial charge >= 0.3 is 5.97 Å². The number of carboxylic acid groups (broad SMARTS) is 1. The van der Waals surface area contributed by atoms with Crippen LogP contribution in [0.4, 0.5) is 5.13 Å². The number of nitrogen functional groups attached to an aromatic ring is 1. The third kappa shape index (κ3) is 5.52. The van der Waals surface area contributed by atoms with Crippen LogP contribution in [0, 0.1) is 0 Å². The SMILES string of the molecule is Nc1nc(/C(=N\OCc2ccccc2)C(=O)NC2C(=O)N3C(C(=O)O)=C(CSc4nncs4)CS[C@H]23)cs1. The second-order valence-corrected chi connectivity index (χ2v) is 11.9. The maximum atomic E-state index is 13.2. The van der Waals surface area contributed by atoms with Crippen molar-refractivity contribution in [3.8, 4) is 0 Å². The number of nitrogens with one attached hydrogen (secondary N) is 1. The van der Waals surface area contributed by atoms with E-state index in [-0.39, 0.29) is 28.8 Å². The molecule has 2 aliphatic heterocycles. The molecule has 2 aromatic heterocycles. The number of nitrogens with zero attached hydrogens (tertiary/aromatic N) is 5. The summed E-state index contributed by atoms with van der Waals surface area (Å²) >= 11 is 5.23. The van der Waals surface area contributed by atoms with Crippen molar-refractivity contribution in [1.82, 2.24) is 25.4 Å². The van der Waals surface area contributed by atoms with Crippen molar-refractivity contribution >= 4 is 74.8 Å². The van der Waals surface area contributed by atoms with Crippen molar-refractivity contribution in [1.29, 1.82) is 0 Å². The van der Waals surface area contributed by atoms with E-state index in [9.17, 15) is 19.5 Å². The summed E-state index contributed by atoms with van der Waals surface area (Å²) in [5, 5.41) is 25.5. The Morgan fingerprint density at radius 2 is 2.11 bits per heavy atom. The van der Waals surface area contributed by atoms with Crippen LogP contribution in [-0.2, 0) is 25.8 Å².